The second kappa shape index (κ2) is 16.1. The number of aliphatic hydroxyl groups excluding tert-OH is 2. The Morgan fingerprint density at radius 1 is 0.667 bits per heavy atom. The zero-order chi connectivity index (χ0) is 26.7. The van der Waals surface area contributed by atoms with Gasteiger partial charge in [0.15, 0.2) is 12.6 Å². The number of carbonyl (C=O) groups is 1. The van der Waals surface area contributed by atoms with Crippen LogP contribution < -0.4 is 0 Å². The van der Waals surface area contributed by atoms with Crippen molar-refractivity contribution in [3.8, 4) is 0 Å². The highest BCUT2D eigenvalue weighted by atomic mass is 16.8. The maximum Gasteiger partial charge on any atom is 0.302 e. The Kier molecular flexibility index (Phi) is 14.0. The average Bonchev–Trinajstić information content (AvgIpc) is 2.85. The number of rotatable bonds is 15. The third-order valence-electron chi connectivity index (χ3n) is 5.88. The molecule has 0 radical (unpaired) electrons. The summed E-state index contributed by atoms with van der Waals surface area (Å²) in [5.41, 5.74) is 0. The average molecular weight is 525 g/mol. The van der Waals surface area contributed by atoms with Crippen molar-refractivity contribution in [2.75, 3.05) is 46.2 Å². The molecule has 0 aromatic heterocycles. The second-order valence-corrected chi connectivity index (χ2v) is 8.34. The van der Waals surface area contributed by atoms with Crippen molar-refractivity contribution < 1.29 is 57.6 Å². The number of ether oxygens (including phenoxy) is 9. The van der Waals surface area contributed by atoms with E-state index in [0.717, 1.165) is 0 Å². The van der Waals surface area contributed by atoms with Gasteiger partial charge >= 0.3 is 5.97 Å². The van der Waals surface area contributed by atoms with Gasteiger partial charge in [0.25, 0.3) is 0 Å². The first-order chi connectivity index (χ1) is 17.3. The highest BCUT2D eigenvalue weighted by molar-refractivity contribution is 5.65. The minimum absolute atomic E-state index is 0.121. The molecular formula is C24H44O12. The Morgan fingerprint density at radius 2 is 1.08 bits per heavy atom. The summed E-state index contributed by atoms with van der Waals surface area (Å²) in [6, 6.07) is 0. The molecule has 36 heavy (non-hydrogen) atoms. The van der Waals surface area contributed by atoms with E-state index in [1.54, 1.807) is 13.8 Å². The lowest BCUT2D eigenvalue weighted by atomic mass is 9.97. The first-order valence-electron chi connectivity index (χ1n) is 12.8. The molecule has 212 valence electrons. The number of carbonyl (C=O) groups excluding carboxylic acids is 1. The van der Waals surface area contributed by atoms with Crippen LogP contribution in [0.4, 0.5) is 0 Å². The van der Waals surface area contributed by atoms with Crippen LogP contribution in [0.1, 0.15) is 41.5 Å². The van der Waals surface area contributed by atoms with Crippen LogP contribution in [0.3, 0.4) is 0 Å². The Balaban J connectivity index is 2.35. The van der Waals surface area contributed by atoms with E-state index in [4.69, 9.17) is 42.6 Å². The first kappa shape index (κ1) is 31.3. The van der Waals surface area contributed by atoms with Gasteiger partial charge in [0.1, 0.15) is 55.4 Å². The molecule has 0 aliphatic carbocycles. The summed E-state index contributed by atoms with van der Waals surface area (Å²) in [6.07, 6.45) is -9.15. The normalized spacial score (nSPS) is 37.1. The molecule has 10 atom stereocenters. The number of aliphatic hydroxyl groups is 2. The molecule has 2 rings (SSSR count). The van der Waals surface area contributed by atoms with Crippen LogP contribution >= 0.6 is 0 Å². The molecule has 12 nitrogen and oxygen atoms in total. The van der Waals surface area contributed by atoms with Crippen LogP contribution in [-0.2, 0) is 47.4 Å². The largest absolute Gasteiger partial charge is 0.463 e. The van der Waals surface area contributed by atoms with Crippen LogP contribution in [-0.4, -0.2) is 124 Å². The molecule has 2 aliphatic heterocycles. The van der Waals surface area contributed by atoms with E-state index >= 15 is 0 Å². The summed E-state index contributed by atoms with van der Waals surface area (Å²) >= 11 is 0. The molecule has 2 fully saturated rings. The molecule has 0 amide bonds. The maximum absolute atomic E-state index is 11.4. The molecule has 12 heteroatoms. The highest BCUT2D eigenvalue weighted by Gasteiger charge is 2.52. The van der Waals surface area contributed by atoms with E-state index in [9.17, 15) is 15.0 Å². The summed E-state index contributed by atoms with van der Waals surface area (Å²) in [5, 5.41) is 21.8. The van der Waals surface area contributed by atoms with Crippen molar-refractivity contribution in [1.29, 1.82) is 0 Å². The van der Waals surface area contributed by atoms with E-state index in [0.29, 0.717) is 33.0 Å². The van der Waals surface area contributed by atoms with E-state index in [-0.39, 0.29) is 13.2 Å². The molecule has 0 bridgehead atoms. The van der Waals surface area contributed by atoms with Gasteiger partial charge in [0.05, 0.1) is 6.61 Å². The number of hydrogen-bond donors (Lipinski definition) is 2. The van der Waals surface area contributed by atoms with Gasteiger partial charge in [0, 0.05) is 40.0 Å². The van der Waals surface area contributed by atoms with Crippen molar-refractivity contribution in [2.24, 2.45) is 0 Å². The zero-order valence-corrected chi connectivity index (χ0v) is 22.2. The molecule has 0 saturated carbocycles. The van der Waals surface area contributed by atoms with Crippen LogP contribution in [0.2, 0.25) is 0 Å². The molecule has 0 spiro atoms. The smallest absolute Gasteiger partial charge is 0.302 e. The van der Waals surface area contributed by atoms with Gasteiger partial charge in [-0.1, -0.05) is 0 Å². The fraction of sp³-hybridized carbons (Fsp3) is 0.958. The molecule has 0 unspecified atom stereocenters. The predicted octanol–water partition coefficient (Wildman–Crippen LogP) is 0.395. The van der Waals surface area contributed by atoms with Crippen molar-refractivity contribution in [3.63, 3.8) is 0 Å². The maximum atomic E-state index is 11.4. The van der Waals surface area contributed by atoms with Crippen LogP contribution in [0.15, 0.2) is 0 Å². The summed E-state index contributed by atoms with van der Waals surface area (Å²) in [6.45, 7) is 12.0. The molecular weight excluding hydrogens is 480 g/mol. The lowest BCUT2D eigenvalue weighted by Crippen LogP contribution is -2.65. The first-order valence-corrected chi connectivity index (χ1v) is 12.8. The molecule has 2 aliphatic rings. The van der Waals surface area contributed by atoms with Crippen LogP contribution in [0, 0.1) is 0 Å². The minimum atomic E-state index is -1.14. The summed E-state index contributed by atoms with van der Waals surface area (Å²) < 4.78 is 52.5. The summed E-state index contributed by atoms with van der Waals surface area (Å²) in [4.78, 5) is 11.4. The SMILES string of the molecule is CCOC[C@H]1O[C@@H](O[C@H]2O[C@@H](COC(C)=O)[C@H](O)[C@@H](OCC)[C@@H]2OCC)[C@H](OCC)[C@@H](OCC)[C@@H]1O. The zero-order valence-electron chi connectivity index (χ0n) is 22.2. The van der Waals surface area contributed by atoms with E-state index in [1.807, 2.05) is 20.8 Å². The fourth-order valence-corrected chi connectivity index (χ4v) is 4.35. The van der Waals surface area contributed by atoms with Gasteiger partial charge in [0.2, 0.25) is 0 Å². The molecule has 0 aromatic rings. The monoisotopic (exact) mass is 524 g/mol. The Hall–Kier alpha value is -0.930. The second-order valence-electron chi connectivity index (χ2n) is 8.34. The predicted molar refractivity (Wildman–Crippen MR) is 125 cm³/mol. The number of hydrogen-bond acceptors (Lipinski definition) is 12. The summed E-state index contributed by atoms with van der Waals surface area (Å²) in [7, 11) is 0. The third kappa shape index (κ3) is 8.29. The van der Waals surface area contributed by atoms with Gasteiger partial charge in [-0.3, -0.25) is 4.79 Å². The minimum Gasteiger partial charge on any atom is -0.463 e. The lowest BCUT2D eigenvalue weighted by molar-refractivity contribution is -0.386. The topological polar surface area (TPSA) is 141 Å². The standard InChI is InChI=1S/C24H44O12/c1-7-28-12-15-17(26)19(29-8-2)21(31-10-4)23(34-15)36-24-22(32-11-5)20(30-9-3)18(27)16(35-24)13-33-14(6)25/h15-24,26-27H,7-13H2,1-6H3/t15-,16+,17-,18+,19+,20-,21-,22+,23+,24-/m1/s1. The van der Waals surface area contributed by atoms with Gasteiger partial charge < -0.3 is 52.8 Å². The molecule has 2 saturated heterocycles. The van der Waals surface area contributed by atoms with Gasteiger partial charge in [-0.05, 0) is 34.6 Å². The van der Waals surface area contributed by atoms with Crippen LogP contribution in [0.5, 0.6) is 0 Å². The van der Waals surface area contributed by atoms with Gasteiger partial charge in [-0.2, -0.15) is 0 Å². The molecule has 2 heterocycles. The van der Waals surface area contributed by atoms with Crippen molar-refractivity contribution in [3.05, 3.63) is 0 Å². The van der Waals surface area contributed by atoms with Crippen LogP contribution in [0.25, 0.3) is 0 Å². The van der Waals surface area contributed by atoms with Gasteiger partial charge in [-0.25, -0.2) is 0 Å². The van der Waals surface area contributed by atoms with E-state index in [1.165, 1.54) is 6.92 Å². The van der Waals surface area contributed by atoms with E-state index in [2.05, 4.69) is 0 Å². The Morgan fingerprint density at radius 3 is 1.47 bits per heavy atom. The lowest BCUT2D eigenvalue weighted by Gasteiger charge is -2.48. The van der Waals surface area contributed by atoms with Crippen molar-refractivity contribution in [1.82, 2.24) is 0 Å². The van der Waals surface area contributed by atoms with Crippen molar-refractivity contribution >= 4 is 5.97 Å². The highest BCUT2D eigenvalue weighted by Crippen LogP contribution is 2.33. The summed E-state index contributed by atoms with van der Waals surface area (Å²) in [5.74, 6) is -0.512. The van der Waals surface area contributed by atoms with E-state index < -0.39 is 67.4 Å². The molecule has 2 N–H and O–H groups in total. The quantitative estimate of drug-likeness (QED) is 0.286. The third-order valence-corrected chi connectivity index (χ3v) is 5.88. The Bertz CT molecular complexity index is 622. The molecule has 0 aromatic carbocycles. The fourth-order valence-electron chi connectivity index (χ4n) is 4.35. The Labute approximate surface area is 213 Å². The van der Waals surface area contributed by atoms with Crippen molar-refractivity contribution in [2.45, 2.75) is 103 Å². The van der Waals surface area contributed by atoms with Gasteiger partial charge in [-0.15, -0.1) is 0 Å². The number of esters is 1.